The van der Waals surface area contributed by atoms with E-state index in [0.29, 0.717) is 19.6 Å². The minimum atomic E-state index is -0.577. The van der Waals surface area contributed by atoms with Crippen LogP contribution in [0.3, 0.4) is 0 Å². The molecule has 0 rings (SSSR count). The van der Waals surface area contributed by atoms with Gasteiger partial charge in [-0.05, 0) is 0 Å². The average Bonchev–Trinajstić information content (AvgIpc) is 2.17. The zero-order valence-electron chi connectivity index (χ0n) is 8.62. The zero-order chi connectivity index (χ0) is 9.94. The van der Waals surface area contributed by atoms with Crippen molar-refractivity contribution < 1.29 is 4.74 Å². The molecule has 0 radical (unpaired) electrons. The van der Waals surface area contributed by atoms with E-state index >= 15 is 0 Å². The predicted molar refractivity (Wildman–Crippen MR) is 58.3 cm³/mol. The van der Waals surface area contributed by atoms with Crippen LogP contribution in [0.25, 0.3) is 0 Å². The molecule has 0 spiro atoms. The van der Waals surface area contributed by atoms with Crippen LogP contribution in [0, 0.1) is 11.3 Å². The fraction of sp³-hybridized carbons (Fsp3) is 0.700. The van der Waals surface area contributed by atoms with E-state index < -0.39 is 8.80 Å². The van der Waals surface area contributed by atoms with Gasteiger partial charge in [0.1, 0.15) is 0 Å². The van der Waals surface area contributed by atoms with Crippen molar-refractivity contribution in [2.75, 3.05) is 13.2 Å². The van der Waals surface area contributed by atoms with Gasteiger partial charge in [0.15, 0.2) is 0 Å². The highest BCUT2D eigenvalue weighted by molar-refractivity contribution is 6.64. The summed E-state index contributed by atoms with van der Waals surface area (Å²) in [5.41, 5.74) is 2.34. The SMILES string of the molecule is CC[SiH](C=CCOCCC#N)CC. The highest BCUT2D eigenvalue weighted by Gasteiger charge is 1.97. The summed E-state index contributed by atoms with van der Waals surface area (Å²) < 4.78 is 5.23. The number of hydrogen-bond donors (Lipinski definition) is 0. The first-order chi connectivity index (χ1) is 6.35. The second-order valence-electron chi connectivity index (χ2n) is 2.99. The van der Waals surface area contributed by atoms with Gasteiger partial charge in [-0.15, -0.1) is 0 Å². The molecule has 0 N–H and O–H groups in total. The molecule has 0 saturated carbocycles. The van der Waals surface area contributed by atoms with Crippen LogP contribution in [0.15, 0.2) is 11.8 Å². The summed E-state index contributed by atoms with van der Waals surface area (Å²) >= 11 is 0. The minimum absolute atomic E-state index is 0.496. The van der Waals surface area contributed by atoms with Gasteiger partial charge in [0.25, 0.3) is 0 Å². The van der Waals surface area contributed by atoms with Crippen molar-refractivity contribution in [1.82, 2.24) is 0 Å². The van der Waals surface area contributed by atoms with Crippen LogP contribution in [-0.2, 0) is 4.74 Å². The highest BCUT2D eigenvalue weighted by atomic mass is 28.3. The highest BCUT2D eigenvalue weighted by Crippen LogP contribution is 1.99. The lowest BCUT2D eigenvalue weighted by Crippen LogP contribution is -2.05. The molecule has 0 amide bonds. The van der Waals surface area contributed by atoms with E-state index in [1.807, 2.05) is 6.07 Å². The third kappa shape index (κ3) is 7.76. The van der Waals surface area contributed by atoms with Crippen LogP contribution in [0.2, 0.25) is 12.1 Å². The molecule has 0 aliphatic heterocycles. The number of ether oxygens (including phenoxy) is 1. The number of rotatable bonds is 7. The first kappa shape index (κ1) is 12.4. The van der Waals surface area contributed by atoms with Crippen LogP contribution >= 0.6 is 0 Å². The van der Waals surface area contributed by atoms with Crippen molar-refractivity contribution in [2.45, 2.75) is 32.4 Å². The summed E-state index contributed by atoms with van der Waals surface area (Å²) in [6.07, 6.45) is 2.61. The largest absolute Gasteiger partial charge is 0.376 e. The second kappa shape index (κ2) is 9.49. The third-order valence-corrected chi connectivity index (χ3v) is 4.94. The van der Waals surface area contributed by atoms with Crippen LogP contribution in [0.5, 0.6) is 0 Å². The molecule has 0 aliphatic rings. The molecule has 0 saturated heterocycles. The maximum Gasteiger partial charge on any atom is 0.0645 e. The first-order valence-corrected chi connectivity index (χ1v) is 7.26. The summed E-state index contributed by atoms with van der Waals surface area (Å²) in [5.74, 6) is 0. The molecule has 0 aliphatic carbocycles. The zero-order valence-corrected chi connectivity index (χ0v) is 9.78. The molecular weight excluding hydrogens is 178 g/mol. The second-order valence-corrected chi connectivity index (χ2v) is 6.53. The first-order valence-electron chi connectivity index (χ1n) is 4.96. The molecule has 3 heteroatoms. The smallest absolute Gasteiger partial charge is 0.0645 e. The molecule has 13 heavy (non-hydrogen) atoms. The summed E-state index contributed by atoms with van der Waals surface area (Å²) in [4.78, 5) is 0. The van der Waals surface area contributed by atoms with Crippen molar-refractivity contribution >= 4 is 8.80 Å². The third-order valence-electron chi connectivity index (χ3n) is 2.03. The fourth-order valence-electron chi connectivity index (χ4n) is 1.08. The van der Waals surface area contributed by atoms with E-state index in [9.17, 15) is 0 Å². The lowest BCUT2D eigenvalue weighted by Gasteiger charge is -2.02. The Morgan fingerprint density at radius 2 is 2.08 bits per heavy atom. The Hall–Kier alpha value is -0.593. The summed E-state index contributed by atoms with van der Waals surface area (Å²) in [6.45, 7) is 5.74. The Morgan fingerprint density at radius 1 is 1.38 bits per heavy atom. The maximum absolute atomic E-state index is 8.25. The van der Waals surface area contributed by atoms with Crippen molar-refractivity contribution in [3.63, 3.8) is 0 Å². The lowest BCUT2D eigenvalue weighted by atomic mass is 10.5. The summed E-state index contributed by atoms with van der Waals surface area (Å²) in [6, 6.07) is 4.70. The average molecular weight is 197 g/mol. The van der Waals surface area contributed by atoms with E-state index in [4.69, 9.17) is 10.00 Å². The topological polar surface area (TPSA) is 33.0 Å². The van der Waals surface area contributed by atoms with E-state index in [1.165, 1.54) is 12.1 Å². The molecule has 2 nitrogen and oxygen atoms in total. The lowest BCUT2D eigenvalue weighted by molar-refractivity contribution is 0.168. The Morgan fingerprint density at radius 3 is 2.62 bits per heavy atom. The molecule has 0 atom stereocenters. The van der Waals surface area contributed by atoms with Crippen LogP contribution in [0.1, 0.15) is 20.3 Å². The number of nitriles is 1. The Balaban J connectivity index is 3.35. The normalized spacial score (nSPS) is 10.9. The molecule has 0 unspecified atom stereocenters. The van der Waals surface area contributed by atoms with Gasteiger partial charge in [-0.3, -0.25) is 0 Å². The molecule has 0 heterocycles. The molecular formula is C10H19NOSi. The Labute approximate surface area is 82.8 Å². The van der Waals surface area contributed by atoms with Crippen molar-refractivity contribution in [2.24, 2.45) is 0 Å². The van der Waals surface area contributed by atoms with Crippen molar-refractivity contribution in [3.05, 3.63) is 11.8 Å². The van der Waals surface area contributed by atoms with Gasteiger partial charge in [0.2, 0.25) is 0 Å². The van der Waals surface area contributed by atoms with Gasteiger partial charge in [-0.1, -0.05) is 37.7 Å². The minimum Gasteiger partial charge on any atom is -0.376 e. The quantitative estimate of drug-likeness (QED) is 0.463. The van der Waals surface area contributed by atoms with Crippen LogP contribution in [0.4, 0.5) is 0 Å². The number of nitrogens with zero attached hydrogens (tertiary/aromatic N) is 1. The summed E-state index contributed by atoms with van der Waals surface area (Å²) in [7, 11) is -0.577. The summed E-state index contributed by atoms with van der Waals surface area (Å²) in [5, 5.41) is 8.25. The van der Waals surface area contributed by atoms with Crippen molar-refractivity contribution in [3.8, 4) is 6.07 Å². The molecule has 0 fully saturated rings. The molecule has 0 aromatic carbocycles. The van der Waals surface area contributed by atoms with Crippen LogP contribution < -0.4 is 0 Å². The van der Waals surface area contributed by atoms with Gasteiger partial charge in [-0.2, -0.15) is 5.26 Å². The van der Waals surface area contributed by atoms with Gasteiger partial charge in [0.05, 0.1) is 34.5 Å². The predicted octanol–water partition coefficient (Wildman–Crippen LogP) is 2.28. The maximum atomic E-state index is 8.25. The van der Waals surface area contributed by atoms with Gasteiger partial charge in [0, 0.05) is 0 Å². The standard InChI is InChI=1S/C10H19NOSi/c1-3-13(4-2)10-6-9-12-8-5-7-11/h6,10,13H,3-5,8-9H2,1-2H3. The fourth-order valence-corrected chi connectivity index (χ4v) is 2.70. The van der Waals surface area contributed by atoms with Gasteiger partial charge >= 0.3 is 0 Å². The molecule has 74 valence electrons. The van der Waals surface area contributed by atoms with Gasteiger partial charge in [-0.25, -0.2) is 0 Å². The van der Waals surface area contributed by atoms with E-state index in [1.54, 1.807) is 0 Å². The van der Waals surface area contributed by atoms with E-state index in [0.717, 1.165) is 0 Å². The molecule has 0 aromatic heterocycles. The Bertz CT molecular complexity index is 170. The Kier molecular flexibility index (Phi) is 9.06. The van der Waals surface area contributed by atoms with E-state index in [2.05, 4.69) is 25.6 Å². The molecule has 0 aromatic rings. The monoisotopic (exact) mass is 197 g/mol. The number of hydrogen-bond acceptors (Lipinski definition) is 2. The van der Waals surface area contributed by atoms with Gasteiger partial charge < -0.3 is 4.74 Å². The van der Waals surface area contributed by atoms with Crippen LogP contribution in [-0.4, -0.2) is 22.0 Å². The van der Waals surface area contributed by atoms with E-state index in [-0.39, 0.29) is 0 Å². The molecule has 0 bridgehead atoms. The van der Waals surface area contributed by atoms with Crippen molar-refractivity contribution in [1.29, 1.82) is 5.26 Å².